The van der Waals surface area contributed by atoms with E-state index in [2.05, 4.69) is 253 Å². The molecule has 0 heterocycles. The van der Waals surface area contributed by atoms with Gasteiger partial charge in [0, 0.05) is 0 Å². The fourth-order valence-corrected chi connectivity index (χ4v) is 12.0. The van der Waals surface area contributed by atoms with Crippen LogP contribution in [0.15, 0.2) is 170 Å². The lowest BCUT2D eigenvalue weighted by atomic mass is 9.82. The second kappa shape index (κ2) is 15.2. The lowest BCUT2D eigenvalue weighted by molar-refractivity contribution is 0.590. The van der Waals surface area contributed by atoms with E-state index in [0.717, 1.165) is 0 Å². The molecule has 0 amide bonds. The summed E-state index contributed by atoms with van der Waals surface area (Å²) in [7, 11) is 0. The molecule has 0 atom stereocenters. The molecule has 0 bridgehead atoms. The molecular formula is C70H64. The van der Waals surface area contributed by atoms with Crippen LogP contribution in [0.25, 0.3) is 76.8 Å². The molecule has 0 unspecified atom stereocenters. The quantitative estimate of drug-likeness (QED) is 0.165. The van der Waals surface area contributed by atoms with Crippen LogP contribution in [0.1, 0.15) is 105 Å². The van der Waals surface area contributed by atoms with Crippen molar-refractivity contribution < 1.29 is 0 Å². The molecule has 0 radical (unpaired) electrons. The van der Waals surface area contributed by atoms with E-state index in [4.69, 9.17) is 0 Å². The SMILES string of the molecule is CC(C)(C)c1cccc(-c2c3c(c(-c4cccc(C(C)(C)C)c4)c4ccccc24)=c2ccc4c5c(ccc=3c25)=c2c(-c3cccc(C(C)(C)C)c3)c3ccccc3c(-c3cccc(C(C)(C)C)c3)c2=4)c1. The minimum atomic E-state index is -0.00259. The van der Waals surface area contributed by atoms with E-state index < -0.39 is 0 Å². The number of hydrogen-bond donors (Lipinski definition) is 0. The van der Waals surface area contributed by atoms with Gasteiger partial charge < -0.3 is 0 Å². The molecule has 12 rings (SSSR count). The third kappa shape index (κ3) is 6.70. The van der Waals surface area contributed by atoms with Crippen LogP contribution < -0.4 is 0 Å². The van der Waals surface area contributed by atoms with Crippen LogP contribution in [0.3, 0.4) is 0 Å². The van der Waals surface area contributed by atoms with Crippen molar-refractivity contribution in [3.63, 3.8) is 0 Å². The summed E-state index contributed by atoms with van der Waals surface area (Å²) in [5.41, 5.74) is 15.7. The Morgan fingerprint density at radius 2 is 0.443 bits per heavy atom. The van der Waals surface area contributed by atoms with Gasteiger partial charge in [0.2, 0.25) is 0 Å². The molecule has 0 spiro atoms. The highest BCUT2D eigenvalue weighted by Crippen LogP contribution is 2.47. The van der Waals surface area contributed by atoms with Gasteiger partial charge >= 0.3 is 0 Å². The van der Waals surface area contributed by atoms with E-state index in [1.54, 1.807) is 0 Å². The molecule has 0 aliphatic heterocycles. The predicted molar refractivity (Wildman–Crippen MR) is 299 cm³/mol. The zero-order valence-electron chi connectivity index (χ0n) is 43.2. The summed E-state index contributed by atoms with van der Waals surface area (Å²) in [5, 5.41) is 18.6. The average molecular weight is 905 g/mol. The fraction of sp³-hybridized carbons (Fsp3) is 0.229. The van der Waals surface area contributed by atoms with Crippen molar-refractivity contribution in [3.05, 3.63) is 234 Å². The Morgan fingerprint density at radius 3 is 0.643 bits per heavy atom. The first-order chi connectivity index (χ1) is 33.3. The van der Waals surface area contributed by atoms with Gasteiger partial charge in [-0.3, -0.25) is 0 Å². The van der Waals surface area contributed by atoms with Crippen molar-refractivity contribution >= 4 is 32.3 Å². The largest absolute Gasteiger partial charge is 0.0616 e. The second-order valence-corrected chi connectivity index (χ2v) is 24.5. The number of fused-ring (bicyclic) bond motifs is 4. The summed E-state index contributed by atoms with van der Waals surface area (Å²) in [6.07, 6.45) is 0. The van der Waals surface area contributed by atoms with Crippen molar-refractivity contribution in [3.8, 4) is 44.5 Å². The minimum Gasteiger partial charge on any atom is -0.0616 e. The molecule has 0 saturated heterocycles. The van der Waals surface area contributed by atoms with Gasteiger partial charge in [-0.15, -0.1) is 0 Å². The number of benzene rings is 10. The van der Waals surface area contributed by atoms with Crippen LogP contribution >= 0.6 is 0 Å². The van der Waals surface area contributed by atoms with Crippen molar-refractivity contribution in [1.29, 1.82) is 0 Å². The minimum absolute atomic E-state index is 0.00259. The van der Waals surface area contributed by atoms with E-state index in [-0.39, 0.29) is 21.7 Å². The maximum atomic E-state index is 2.50. The first-order valence-corrected chi connectivity index (χ1v) is 25.5. The maximum Gasteiger partial charge on any atom is -0.000740 e. The molecule has 0 nitrogen and oxygen atoms in total. The lowest BCUT2D eigenvalue weighted by Crippen LogP contribution is -2.11. The molecule has 2 aliphatic carbocycles. The second-order valence-electron chi connectivity index (χ2n) is 24.5. The van der Waals surface area contributed by atoms with Crippen LogP contribution in [0, 0.1) is 41.7 Å². The first kappa shape index (κ1) is 44.2. The summed E-state index contributed by atoms with van der Waals surface area (Å²) in [6.45, 7) is 28.0. The smallest absolute Gasteiger partial charge is 0.000740 e. The van der Waals surface area contributed by atoms with E-state index in [9.17, 15) is 0 Å². The van der Waals surface area contributed by atoms with Crippen LogP contribution in [0.5, 0.6) is 0 Å². The highest BCUT2D eigenvalue weighted by atomic mass is 14.3. The van der Waals surface area contributed by atoms with Crippen molar-refractivity contribution in [2.45, 2.75) is 105 Å². The summed E-state index contributed by atoms with van der Waals surface area (Å²) >= 11 is 0. The topological polar surface area (TPSA) is 0 Å². The van der Waals surface area contributed by atoms with E-state index in [0.29, 0.717) is 0 Å². The molecule has 0 fully saturated rings. The monoisotopic (exact) mass is 905 g/mol. The standard InChI is InChI=1S/C70H64/c1-67(2,3)45-25-17-21-41(37-45)57-49-29-13-14-30-50(49)58(42-22-18-26-46(38-42)68(4,5)6)64-54-35-36-56-62-55(34-33-53(61(54)62)63(57)64)65-59(43-23-19-27-47(39-43)69(7,8)9)51-31-15-16-32-52(51)60(66(56)65)44-24-20-28-48(40-44)70(10,11)12/h13-40H,1-12H3. The fourth-order valence-electron chi connectivity index (χ4n) is 12.0. The summed E-state index contributed by atoms with van der Waals surface area (Å²) in [4.78, 5) is 0. The summed E-state index contributed by atoms with van der Waals surface area (Å²) in [6, 6.07) is 66.1. The Bertz CT molecular complexity index is 3750. The molecule has 10 aromatic carbocycles. The Labute approximate surface area is 413 Å². The molecular weight excluding hydrogens is 841 g/mol. The summed E-state index contributed by atoms with van der Waals surface area (Å²) in [5.74, 6) is 0. The Balaban J connectivity index is 1.37. The Morgan fingerprint density at radius 1 is 0.229 bits per heavy atom. The molecule has 0 saturated carbocycles. The molecule has 344 valence electrons. The van der Waals surface area contributed by atoms with Gasteiger partial charge in [-0.25, -0.2) is 0 Å². The normalized spacial score (nSPS) is 13.1. The summed E-state index contributed by atoms with van der Waals surface area (Å²) < 4.78 is 0. The highest BCUT2D eigenvalue weighted by Gasteiger charge is 2.27. The van der Waals surface area contributed by atoms with Crippen molar-refractivity contribution in [2.75, 3.05) is 0 Å². The van der Waals surface area contributed by atoms with Crippen molar-refractivity contribution in [1.82, 2.24) is 0 Å². The molecule has 0 aromatic heterocycles. The Kier molecular flexibility index (Phi) is 9.62. The van der Waals surface area contributed by atoms with Gasteiger partial charge in [0.15, 0.2) is 0 Å². The Hall–Kier alpha value is -7.02. The zero-order chi connectivity index (χ0) is 48.8. The average Bonchev–Trinajstić information content (AvgIpc) is 3.83. The van der Waals surface area contributed by atoms with Gasteiger partial charge in [0.1, 0.15) is 0 Å². The van der Waals surface area contributed by atoms with Crippen LogP contribution in [0.2, 0.25) is 0 Å². The zero-order valence-corrected chi connectivity index (χ0v) is 43.2. The molecule has 0 N–H and O–H groups in total. The third-order valence-electron chi connectivity index (χ3n) is 15.7. The molecule has 70 heavy (non-hydrogen) atoms. The van der Waals surface area contributed by atoms with Gasteiger partial charge in [-0.2, -0.15) is 0 Å². The lowest BCUT2D eigenvalue weighted by Gasteiger charge is -2.22. The van der Waals surface area contributed by atoms with Crippen LogP contribution in [-0.4, -0.2) is 0 Å². The predicted octanol–water partition coefficient (Wildman–Crippen LogP) is 18.8. The van der Waals surface area contributed by atoms with Gasteiger partial charge in [-0.05, 0) is 162 Å². The van der Waals surface area contributed by atoms with Crippen molar-refractivity contribution in [2.24, 2.45) is 0 Å². The van der Waals surface area contributed by atoms with E-state index in [1.165, 1.54) is 141 Å². The molecule has 10 aromatic rings. The van der Waals surface area contributed by atoms with Crippen LogP contribution in [-0.2, 0) is 21.7 Å². The van der Waals surface area contributed by atoms with Gasteiger partial charge in [0.25, 0.3) is 0 Å². The van der Waals surface area contributed by atoms with Gasteiger partial charge in [-0.1, -0.05) is 253 Å². The molecule has 2 aliphatic rings. The first-order valence-electron chi connectivity index (χ1n) is 25.5. The van der Waals surface area contributed by atoms with Gasteiger partial charge in [0.05, 0.1) is 0 Å². The van der Waals surface area contributed by atoms with E-state index >= 15 is 0 Å². The molecule has 0 heteroatoms. The number of hydrogen-bond acceptors (Lipinski definition) is 0. The van der Waals surface area contributed by atoms with Crippen LogP contribution in [0.4, 0.5) is 0 Å². The highest BCUT2D eigenvalue weighted by molar-refractivity contribution is 6.09. The number of rotatable bonds is 4. The maximum absolute atomic E-state index is 2.50. The third-order valence-corrected chi connectivity index (χ3v) is 15.7. The van der Waals surface area contributed by atoms with E-state index in [1.807, 2.05) is 0 Å².